The molecule has 1 saturated heterocycles. The minimum atomic E-state index is -0.854. The normalized spacial score (nSPS) is 22.1. The summed E-state index contributed by atoms with van der Waals surface area (Å²) < 4.78 is 0. The Morgan fingerprint density at radius 1 is 1.14 bits per heavy atom. The Bertz CT molecular complexity index is 544. The van der Waals surface area contributed by atoms with E-state index in [0.717, 1.165) is 5.56 Å². The Morgan fingerprint density at radius 2 is 1.71 bits per heavy atom. The molecule has 1 N–H and O–H groups in total. The predicted molar refractivity (Wildman–Crippen MR) is 82.5 cm³/mol. The minimum Gasteiger partial charge on any atom is -0.340 e. The molecule has 0 spiro atoms. The number of amides is 2. The fraction of sp³-hybridized carbons (Fsp3) is 0.529. The summed E-state index contributed by atoms with van der Waals surface area (Å²) in [6, 6.07) is 9.33. The number of piperazine rings is 1. The monoisotopic (exact) mass is 288 g/mol. The zero-order valence-electron chi connectivity index (χ0n) is 13.4. The van der Waals surface area contributed by atoms with Crippen molar-refractivity contribution in [3.8, 4) is 0 Å². The van der Waals surface area contributed by atoms with E-state index in [0.29, 0.717) is 6.54 Å². The van der Waals surface area contributed by atoms with Gasteiger partial charge in [-0.05, 0) is 24.8 Å². The third kappa shape index (κ3) is 3.09. The molecule has 21 heavy (non-hydrogen) atoms. The summed E-state index contributed by atoms with van der Waals surface area (Å²) in [6.07, 6.45) is 0. The highest BCUT2D eigenvalue weighted by Crippen LogP contribution is 2.31. The van der Waals surface area contributed by atoms with Crippen molar-refractivity contribution >= 4 is 11.8 Å². The molecule has 1 unspecified atom stereocenters. The first-order valence-electron chi connectivity index (χ1n) is 7.30. The van der Waals surface area contributed by atoms with Crippen LogP contribution in [-0.2, 0) is 16.1 Å². The maximum absolute atomic E-state index is 12.8. The highest BCUT2D eigenvalue weighted by atomic mass is 16.2. The predicted octanol–water partition coefficient (Wildman–Crippen LogP) is 2.34. The second kappa shape index (κ2) is 5.17. The molecule has 4 nitrogen and oxygen atoms in total. The first-order valence-corrected chi connectivity index (χ1v) is 7.30. The van der Waals surface area contributed by atoms with Gasteiger partial charge in [-0.3, -0.25) is 9.59 Å². The number of nitrogens with zero attached hydrogens (tertiary/aromatic N) is 1. The largest absolute Gasteiger partial charge is 0.340 e. The van der Waals surface area contributed by atoms with E-state index in [9.17, 15) is 9.59 Å². The fourth-order valence-corrected chi connectivity index (χ4v) is 2.85. The lowest BCUT2D eigenvalue weighted by Gasteiger charge is -2.47. The van der Waals surface area contributed by atoms with E-state index in [1.165, 1.54) is 0 Å². The molecule has 114 valence electrons. The number of carbonyl (C=O) groups excluding carboxylic acids is 2. The van der Waals surface area contributed by atoms with E-state index in [-0.39, 0.29) is 17.2 Å². The summed E-state index contributed by atoms with van der Waals surface area (Å²) in [6.45, 7) is 9.93. The van der Waals surface area contributed by atoms with Gasteiger partial charge in [0.05, 0.1) is 0 Å². The van der Waals surface area contributed by atoms with Gasteiger partial charge in [0, 0.05) is 6.54 Å². The van der Waals surface area contributed by atoms with Crippen LogP contribution in [0.1, 0.15) is 40.2 Å². The van der Waals surface area contributed by atoms with Crippen molar-refractivity contribution in [2.24, 2.45) is 5.41 Å². The summed E-state index contributed by atoms with van der Waals surface area (Å²) in [5, 5.41) is 2.85. The quantitative estimate of drug-likeness (QED) is 0.908. The van der Waals surface area contributed by atoms with Crippen molar-refractivity contribution in [2.75, 3.05) is 0 Å². The molecular weight excluding hydrogens is 264 g/mol. The van der Waals surface area contributed by atoms with Crippen molar-refractivity contribution in [1.29, 1.82) is 0 Å². The number of hydrogen-bond donors (Lipinski definition) is 1. The van der Waals surface area contributed by atoms with Crippen LogP contribution in [0, 0.1) is 5.41 Å². The van der Waals surface area contributed by atoms with E-state index in [2.05, 4.69) is 5.32 Å². The molecule has 0 bridgehead atoms. The van der Waals surface area contributed by atoms with Crippen LogP contribution in [0.2, 0.25) is 0 Å². The van der Waals surface area contributed by atoms with Crippen LogP contribution in [0.15, 0.2) is 30.3 Å². The summed E-state index contributed by atoms with van der Waals surface area (Å²) in [7, 11) is 0. The molecule has 0 saturated carbocycles. The third-order valence-corrected chi connectivity index (χ3v) is 3.81. The fourth-order valence-electron chi connectivity index (χ4n) is 2.85. The topological polar surface area (TPSA) is 49.4 Å². The van der Waals surface area contributed by atoms with E-state index in [1.54, 1.807) is 18.7 Å². The van der Waals surface area contributed by atoms with Gasteiger partial charge in [0.25, 0.3) is 0 Å². The van der Waals surface area contributed by atoms with Crippen molar-refractivity contribution in [3.05, 3.63) is 35.9 Å². The molecule has 1 fully saturated rings. The molecule has 1 aromatic carbocycles. The zero-order chi connectivity index (χ0) is 15.8. The number of benzene rings is 1. The molecule has 1 heterocycles. The summed E-state index contributed by atoms with van der Waals surface area (Å²) in [5.74, 6) is -0.117. The van der Waals surface area contributed by atoms with E-state index < -0.39 is 11.6 Å². The van der Waals surface area contributed by atoms with Crippen LogP contribution >= 0.6 is 0 Å². The van der Waals surface area contributed by atoms with Gasteiger partial charge < -0.3 is 10.2 Å². The van der Waals surface area contributed by atoms with Gasteiger partial charge in [-0.1, -0.05) is 51.1 Å². The van der Waals surface area contributed by atoms with Gasteiger partial charge in [0.1, 0.15) is 11.6 Å². The summed E-state index contributed by atoms with van der Waals surface area (Å²) in [5.41, 5.74) is -0.135. The van der Waals surface area contributed by atoms with Crippen molar-refractivity contribution < 1.29 is 9.59 Å². The van der Waals surface area contributed by atoms with Crippen LogP contribution in [0.5, 0.6) is 0 Å². The highest BCUT2D eigenvalue weighted by Gasteiger charge is 2.49. The van der Waals surface area contributed by atoms with Crippen LogP contribution < -0.4 is 5.32 Å². The van der Waals surface area contributed by atoms with E-state index in [1.807, 2.05) is 51.1 Å². The highest BCUT2D eigenvalue weighted by molar-refractivity contribution is 5.99. The van der Waals surface area contributed by atoms with Crippen LogP contribution in [0.4, 0.5) is 0 Å². The molecular formula is C17H24N2O2. The lowest BCUT2D eigenvalue weighted by molar-refractivity contribution is -0.158. The third-order valence-electron chi connectivity index (χ3n) is 3.81. The molecule has 1 aromatic rings. The van der Waals surface area contributed by atoms with Crippen LogP contribution in [-0.4, -0.2) is 28.3 Å². The van der Waals surface area contributed by atoms with E-state index in [4.69, 9.17) is 0 Å². The van der Waals surface area contributed by atoms with E-state index >= 15 is 0 Å². The second-order valence-corrected chi connectivity index (χ2v) is 7.30. The van der Waals surface area contributed by atoms with Crippen molar-refractivity contribution in [1.82, 2.24) is 10.2 Å². The van der Waals surface area contributed by atoms with Crippen LogP contribution in [0.25, 0.3) is 0 Å². The van der Waals surface area contributed by atoms with Crippen LogP contribution in [0.3, 0.4) is 0 Å². The van der Waals surface area contributed by atoms with Gasteiger partial charge in [0.15, 0.2) is 0 Å². The number of hydrogen-bond acceptors (Lipinski definition) is 2. The molecule has 0 aromatic heterocycles. The summed E-state index contributed by atoms with van der Waals surface area (Å²) in [4.78, 5) is 27.0. The smallest absolute Gasteiger partial charge is 0.248 e. The lowest BCUT2D eigenvalue weighted by Crippen LogP contribution is -2.70. The molecule has 1 aliphatic heterocycles. The average molecular weight is 288 g/mol. The molecule has 2 amide bonds. The first-order chi connectivity index (χ1) is 9.63. The molecule has 2 rings (SSSR count). The molecule has 4 heteroatoms. The van der Waals surface area contributed by atoms with Gasteiger partial charge in [0.2, 0.25) is 11.8 Å². The average Bonchev–Trinajstić information content (AvgIpc) is 2.34. The Hall–Kier alpha value is -1.84. The van der Waals surface area contributed by atoms with Gasteiger partial charge in [-0.2, -0.15) is 0 Å². The number of rotatable bonds is 2. The second-order valence-electron chi connectivity index (χ2n) is 7.30. The van der Waals surface area contributed by atoms with Gasteiger partial charge >= 0.3 is 0 Å². The van der Waals surface area contributed by atoms with Gasteiger partial charge in [-0.15, -0.1) is 0 Å². The minimum absolute atomic E-state index is 0.0362. The molecule has 0 radical (unpaired) electrons. The van der Waals surface area contributed by atoms with Gasteiger partial charge in [-0.25, -0.2) is 0 Å². The zero-order valence-corrected chi connectivity index (χ0v) is 13.4. The maximum atomic E-state index is 12.8. The standard InChI is InChI=1S/C17H24N2O2/c1-16(2,3)13-14(20)18-17(4,5)15(21)19(13)11-12-9-7-6-8-10-12/h6-10,13H,11H2,1-5H3,(H,18,20). The SMILES string of the molecule is CC1(C)NC(=O)C(C(C)(C)C)N(Cc2ccccc2)C1=O. The molecule has 0 aliphatic carbocycles. The Balaban J connectivity index is 2.39. The van der Waals surface area contributed by atoms with Crippen molar-refractivity contribution in [3.63, 3.8) is 0 Å². The number of nitrogens with one attached hydrogen (secondary N) is 1. The Labute approximate surface area is 126 Å². The Morgan fingerprint density at radius 3 is 2.24 bits per heavy atom. The summed E-state index contributed by atoms with van der Waals surface area (Å²) >= 11 is 0. The first kappa shape index (κ1) is 15.5. The Kier molecular flexibility index (Phi) is 3.83. The van der Waals surface area contributed by atoms with Crippen molar-refractivity contribution in [2.45, 2.75) is 52.7 Å². The number of carbonyl (C=O) groups is 2. The molecule has 1 aliphatic rings. The molecule has 1 atom stereocenters. The maximum Gasteiger partial charge on any atom is 0.248 e. The lowest BCUT2D eigenvalue weighted by atomic mass is 9.81.